The van der Waals surface area contributed by atoms with E-state index >= 15 is 0 Å². The van der Waals surface area contributed by atoms with Gasteiger partial charge in [-0.15, -0.1) is 10.2 Å². The molecule has 3 aromatic carbocycles. The highest BCUT2D eigenvalue weighted by atomic mass is 19.1. The first-order valence-electron chi connectivity index (χ1n) is 22.6. The summed E-state index contributed by atoms with van der Waals surface area (Å²) in [4.78, 5) is 51.4. The fraction of sp³-hybridized carbons (Fsp3) is 0.468. The van der Waals surface area contributed by atoms with Gasteiger partial charge in [-0.25, -0.2) is 9.18 Å². The summed E-state index contributed by atoms with van der Waals surface area (Å²) in [5.41, 5.74) is 12.2. The fourth-order valence-corrected chi connectivity index (χ4v) is 10.8. The number of phenols is 1. The number of halogens is 1. The average Bonchev–Trinajstić information content (AvgIpc) is 3.74. The summed E-state index contributed by atoms with van der Waals surface area (Å²) in [6.07, 6.45) is 4.98. The average molecular weight is 875 g/mol. The van der Waals surface area contributed by atoms with Gasteiger partial charge in [0.05, 0.1) is 36.7 Å². The van der Waals surface area contributed by atoms with Crippen molar-refractivity contribution in [2.45, 2.75) is 75.2 Å². The van der Waals surface area contributed by atoms with E-state index in [1.807, 2.05) is 29.0 Å². The van der Waals surface area contributed by atoms with Gasteiger partial charge in [0, 0.05) is 112 Å². The van der Waals surface area contributed by atoms with Gasteiger partial charge in [-0.05, 0) is 68.1 Å². The Morgan fingerprint density at radius 1 is 0.859 bits per heavy atom. The highest BCUT2D eigenvalue weighted by molar-refractivity contribution is 6.02. The lowest BCUT2D eigenvalue weighted by molar-refractivity contribution is -0.134. The second kappa shape index (κ2) is 17.3. The number of phenolic OH excluding ortho intramolecular Hbond substituents is 1. The highest BCUT2D eigenvalue weighted by Crippen LogP contribution is 2.40. The quantitative estimate of drug-likeness (QED) is 0.213. The van der Waals surface area contributed by atoms with Gasteiger partial charge in [0.15, 0.2) is 17.4 Å². The minimum Gasteiger partial charge on any atom is -0.504 e. The van der Waals surface area contributed by atoms with Gasteiger partial charge in [0.25, 0.3) is 0 Å². The second-order valence-corrected chi connectivity index (χ2v) is 17.9. The monoisotopic (exact) mass is 874 g/mol. The predicted molar refractivity (Wildman–Crippen MR) is 240 cm³/mol. The number of carbonyl (C=O) groups excluding carboxylic acids is 3. The molecule has 16 nitrogen and oxygen atoms in total. The number of urea groups is 1. The van der Waals surface area contributed by atoms with E-state index in [1.54, 1.807) is 12.1 Å². The van der Waals surface area contributed by atoms with E-state index < -0.39 is 11.6 Å². The van der Waals surface area contributed by atoms with Crippen LogP contribution in [0.15, 0.2) is 66.7 Å². The van der Waals surface area contributed by atoms with Crippen LogP contribution in [0.2, 0.25) is 0 Å². The molecular weight excluding hydrogens is 820 g/mol. The van der Waals surface area contributed by atoms with Crippen molar-refractivity contribution in [3.8, 4) is 22.8 Å². The number of imide groups is 1. The van der Waals surface area contributed by atoms with Crippen LogP contribution in [0.25, 0.3) is 11.3 Å². The van der Waals surface area contributed by atoms with Crippen molar-refractivity contribution in [3.63, 3.8) is 0 Å². The van der Waals surface area contributed by atoms with Crippen molar-refractivity contribution in [2.24, 2.45) is 0 Å². The summed E-state index contributed by atoms with van der Waals surface area (Å²) >= 11 is 0. The Balaban J connectivity index is 0.721. The lowest BCUT2D eigenvalue weighted by Gasteiger charge is -2.51. The number of rotatable bonds is 8. The molecule has 0 saturated carbocycles. The number of piperazine rings is 1. The number of fused-ring (bicyclic) bond motifs is 3. The Morgan fingerprint density at radius 2 is 1.59 bits per heavy atom. The van der Waals surface area contributed by atoms with Crippen LogP contribution in [0.4, 0.5) is 37.8 Å². The first kappa shape index (κ1) is 41.6. The maximum absolute atomic E-state index is 14.2. The maximum atomic E-state index is 14.2. The summed E-state index contributed by atoms with van der Waals surface area (Å²) in [5.74, 6) is -0.550. The van der Waals surface area contributed by atoms with Crippen molar-refractivity contribution in [3.05, 3.63) is 78.1 Å². The number of nitrogen functional groups attached to an aromatic ring is 1. The van der Waals surface area contributed by atoms with E-state index in [2.05, 4.69) is 65.4 Å². The number of para-hydroxylation sites is 1. The van der Waals surface area contributed by atoms with E-state index in [-0.39, 0.29) is 59.5 Å². The Bertz CT molecular complexity index is 2410. The number of morpholine rings is 1. The summed E-state index contributed by atoms with van der Waals surface area (Å²) in [6, 6.07) is 20.6. The van der Waals surface area contributed by atoms with Crippen molar-refractivity contribution < 1.29 is 33.4 Å². The van der Waals surface area contributed by atoms with Crippen molar-refractivity contribution >= 4 is 46.4 Å². The molecule has 6 aliphatic rings. The number of likely N-dealkylation sites (tertiary alicyclic amines) is 1. The van der Waals surface area contributed by atoms with E-state index in [1.165, 1.54) is 23.4 Å². The minimum atomic E-state index is -0.728. The van der Waals surface area contributed by atoms with Crippen LogP contribution in [0.5, 0.6) is 11.5 Å². The van der Waals surface area contributed by atoms with Crippen LogP contribution in [-0.2, 0) is 20.7 Å². The van der Waals surface area contributed by atoms with Gasteiger partial charge in [-0.3, -0.25) is 14.9 Å². The molecule has 2 bridgehead atoms. The molecule has 4 N–H and O–H groups in total. The number of nitrogens with two attached hydrogens (primary N) is 1. The number of nitrogens with zero attached hydrogens (tertiary/aromatic N) is 8. The van der Waals surface area contributed by atoms with Crippen LogP contribution in [-0.4, -0.2) is 139 Å². The molecule has 0 unspecified atom stereocenters. The smallest absolute Gasteiger partial charge is 0.319 e. The van der Waals surface area contributed by atoms with E-state index in [0.29, 0.717) is 63.6 Å². The lowest BCUT2D eigenvalue weighted by atomic mass is 10.0. The fourth-order valence-electron chi connectivity index (χ4n) is 10.8. The van der Waals surface area contributed by atoms with Crippen molar-refractivity contribution in [1.29, 1.82) is 0 Å². The molecule has 64 heavy (non-hydrogen) atoms. The van der Waals surface area contributed by atoms with Gasteiger partial charge >= 0.3 is 6.03 Å². The van der Waals surface area contributed by atoms with Crippen molar-refractivity contribution in [1.82, 2.24) is 25.3 Å². The Hall–Kier alpha value is -6.36. The molecule has 7 heterocycles. The number of amides is 4. The zero-order valence-electron chi connectivity index (χ0n) is 36.1. The van der Waals surface area contributed by atoms with E-state index in [0.717, 1.165) is 68.9 Å². The number of ether oxygens (including phenoxy) is 2. The van der Waals surface area contributed by atoms with Gasteiger partial charge in [-0.1, -0.05) is 18.2 Å². The summed E-state index contributed by atoms with van der Waals surface area (Å²) in [7, 11) is 1.94. The van der Waals surface area contributed by atoms with E-state index in [9.17, 15) is 23.9 Å². The molecule has 17 heteroatoms. The number of anilines is 5. The van der Waals surface area contributed by atoms with E-state index in [4.69, 9.17) is 15.2 Å². The third-order valence-electron chi connectivity index (χ3n) is 14.1. The van der Waals surface area contributed by atoms with Gasteiger partial charge < -0.3 is 49.7 Å². The third kappa shape index (κ3) is 7.94. The molecule has 5 saturated heterocycles. The molecule has 1 aromatic heterocycles. The standard InChI is InChI=1S/C47H55FN10O6/c1-53(29-13-18-54(19-14-29)39-9-4-10-40-36(39)17-22-57(40)41-11-12-43(59)50-46(41)61)47(62)55-20-15-33(16-21-55)64-34-6-2-5-30(23-34)58-31-25-56(26-32(58)28-63-27-31)42-24-38(51-52-45(42)49)35-7-3-8-37(48)44(35)60/h2-10,23-24,29,31-33,41,60H,11-22,25-28H2,1H3,(H2,49,52)(H,50,59,61)/t31-,32+,41-/m1/s1. The number of hydrogen-bond acceptors (Lipinski definition) is 13. The molecule has 4 amide bonds. The number of aromatic hydroxyl groups is 1. The number of piperidine rings is 3. The lowest BCUT2D eigenvalue weighted by Crippen LogP contribution is -2.65. The van der Waals surface area contributed by atoms with Gasteiger partial charge in [-0.2, -0.15) is 0 Å². The topological polar surface area (TPSA) is 173 Å². The number of aromatic nitrogens is 2. The number of hydrogen-bond donors (Lipinski definition) is 3. The van der Waals surface area contributed by atoms with Crippen LogP contribution in [0.3, 0.4) is 0 Å². The van der Waals surface area contributed by atoms with Crippen molar-refractivity contribution in [2.75, 3.05) is 91.4 Å². The first-order chi connectivity index (χ1) is 31.1. The zero-order chi connectivity index (χ0) is 44.1. The highest BCUT2D eigenvalue weighted by Gasteiger charge is 2.40. The summed E-state index contributed by atoms with van der Waals surface area (Å²) in [5, 5.41) is 21.2. The third-order valence-corrected chi connectivity index (χ3v) is 14.1. The minimum absolute atomic E-state index is 0.0108. The Kier molecular flexibility index (Phi) is 11.3. The van der Waals surface area contributed by atoms with Crippen LogP contribution in [0.1, 0.15) is 44.1 Å². The first-order valence-corrected chi connectivity index (χ1v) is 22.6. The Labute approximate surface area is 371 Å². The Morgan fingerprint density at radius 3 is 2.36 bits per heavy atom. The molecule has 6 aliphatic heterocycles. The maximum Gasteiger partial charge on any atom is 0.319 e. The molecule has 336 valence electrons. The molecule has 0 radical (unpaired) electrons. The van der Waals surface area contributed by atoms with Crippen LogP contribution >= 0.6 is 0 Å². The van der Waals surface area contributed by atoms with Gasteiger partial charge in [0.1, 0.15) is 17.9 Å². The molecule has 10 rings (SSSR count). The zero-order valence-corrected chi connectivity index (χ0v) is 36.1. The number of nitrogens with one attached hydrogen (secondary N) is 1. The SMILES string of the molecule is CN(C(=O)N1CCC(Oc2cccc(N3[C@@H]4COC[C@H]3CN(c3cc(-c5cccc(F)c5O)nnc3N)C4)c2)CC1)C1CCN(c2cccc3c2CCN3[C@@H]2CCC(=O)NC2=O)CC1. The molecule has 4 aromatic rings. The number of carbonyl (C=O) groups is 3. The molecule has 5 fully saturated rings. The van der Waals surface area contributed by atoms with Gasteiger partial charge in [0.2, 0.25) is 11.8 Å². The summed E-state index contributed by atoms with van der Waals surface area (Å²) < 4.78 is 26.8. The normalized spacial score (nSPS) is 23.0. The molecule has 0 spiro atoms. The second-order valence-electron chi connectivity index (χ2n) is 17.9. The molecule has 3 atom stereocenters. The predicted octanol–water partition coefficient (Wildman–Crippen LogP) is 4.40. The van der Waals surface area contributed by atoms with Crippen LogP contribution in [0, 0.1) is 5.82 Å². The van der Waals surface area contributed by atoms with Crippen LogP contribution < -0.4 is 35.4 Å². The largest absolute Gasteiger partial charge is 0.504 e. The summed E-state index contributed by atoms with van der Waals surface area (Å²) in [6.45, 7) is 5.96. The molecule has 0 aliphatic carbocycles. The molecular formula is C47H55FN10O6. The number of benzene rings is 3.